The number of thioether (sulfide) groups is 2. The fourth-order valence-corrected chi connectivity index (χ4v) is 6.26. The number of urea groups is 1. The molecule has 2 N–H and O–H groups in total. The number of thiophene rings is 1. The van der Waals surface area contributed by atoms with Gasteiger partial charge in [0, 0.05) is 32.8 Å². The number of fused-ring (bicyclic) bond motifs is 1. The molecule has 0 aliphatic heterocycles. The standard InChI is InChI=1S/C24H30ClN3OS3/c1-5-6-7-8-16(19-14-32-20-10-9-17(25)12-18(19)20)13-26-24(29)28-22-21(30-3)11-15(2)27-23(22)31-4/h9-12,14,16H,5-8,13H2,1-4H3,(H2,26,28,29). The van der Waals surface area contributed by atoms with Crippen LogP contribution in [0.2, 0.25) is 5.02 Å². The fraction of sp³-hybridized carbons (Fsp3) is 0.417. The van der Waals surface area contributed by atoms with Gasteiger partial charge in [-0.2, -0.15) is 0 Å². The average Bonchev–Trinajstić information content (AvgIpc) is 3.19. The number of hydrogen-bond acceptors (Lipinski definition) is 5. The van der Waals surface area contributed by atoms with Crippen LogP contribution in [0, 0.1) is 6.92 Å². The lowest BCUT2D eigenvalue weighted by atomic mass is 9.92. The highest BCUT2D eigenvalue weighted by atomic mass is 35.5. The number of nitrogens with one attached hydrogen (secondary N) is 2. The maximum absolute atomic E-state index is 12.9. The number of hydrogen-bond donors (Lipinski definition) is 2. The Kier molecular flexibility index (Phi) is 9.59. The maximum atomic E-state index is 12.9. The van der Waals surface area contributed by atoms with Gasteiger partial charge in [0.25, 0.3) is 0 Å². The Hall–Kier alpha value is -1.41. The number of carbonyl (C=O) groups is 1. The van der Waals surface area contributed by atoms with E-state index in [9.17, 15) is 4.79 Å². The van der Waals surface area contributed by atoms with Gasteiger partial charge in [0.1, 0.15) is 5.03 Å². The molecule has 1 aromatic carbocycles. The molecule has 0 aliphatic rings. The van der Waals surface area contributed by atoms with Crippen molar-refractivity contribution in [3.8, 4) is 0 Å². The molecule has 0 bridgehead atoms. The molecule has 0 radical (unpaired) electrons. The van der Waals surface area contributed by atoms with Crippen molar-refractivity contribution in [2.24, 2.45) is 0 Å². The molecule has 0 saturated heterocycles. The Bertz CT molecular complexity index is 1040. The van der Waals surface area contributed by atoms with Crippen LogP contribution < -0.4 is 10.6 Å². The van der Waals surface area contributed by atoms with Crippen LogP contribution in [0.4, 0.5) is 10.5 Å². The predicted molar refractivity (Wildman–Crippen MR) is 143 cm³/mol. The molecular weight excluding hydrogens is 478 g/mol. The molecule has 0 aliphatic carbocycles. The number of halogens is 1. The Labute approximate surface area is 208 Å². The number of pyridine rings is 1. The van der Waals surface area contributed by atoms with E-state index in [0.717, 1.165) is 39.2 Å². The van der Waals surface area contributed by atoms with Crippen molar-refractivity contribution >= 4 is 68.3 Å². The number of anilines is 1. The van der Waals surface area contributed by atoms with E-state index in [0.29, 0.717) is 6.54 Å². The van der Waals surface area contributed by atoms with Crippen LogP contribution >= 0.6 is 46.5 Å². The summed E-state index contributed by atoms with van der Waals surface area (Å²) in [5, 5.41) is 11.2. The third kappa shape index (κ3) is 6.34. The second-order valence-corrected chi connectivity index (χ2v) is 10.7. The normalized spacial score (nSPS) is 12.2. The monoisotopic (exact) mass is 507 g/mol. The Morgan fingerprint density at radius 3 is 2.75 bits per heavy atom. The van der Waals surface area contributed by atoms with E-state index in [1.54, 1.807) is 34.9 Å². The van der Waals surface area contributed by atoms with Gasteiger partial charge in [0.2, 0.25) is 0 Å². The van der Waals surface area contributed by atoms with Gasteiger partial charge in [-0.1, -0.05) is 37.8 Å². The summed E-state index contributed by atoms with van der Waals surface area (Å²) in [6.07, 6.45) is 8.52. The first kappa shape index (κ1) is 25.2. The first-order valence-electron chi connectivity index (χ1n) is 10.8. The van der Waals surface area contributed by atoms with Gasteiger partial charge in [0.05, 0.1) is 5.69 Å². The summed E-state index contributed by atoms with van der Waals surface area (Å²) in [7, 11) is 0. The lowest BCUT2D eigenvalue weighted by Crippen LogP contribution is -2.32. The Morgan fingerprint density at radius 1 is 1.22 bits per heavy atom. The molecule has 2 aromatic heterocycles. The topological polar surface area (TPSA) is 54.0 Å². The van der Waals surface area contributed by atoms with Crippen LogP contribution in [0.1, 0.15) is 49.8 Å². The minimum Gasteiger partial charge on any atom is -0.337 e. The van der Waals surface area contributed by atoms with E-state index in [-0.39, 0.29) is 11.9 Å². The van der Waals surface area contributed by atoms with Crippen LogP contribution in [0.5, 0.6) is 0 Å². The highest BCUT2D eigenvalue weighted by Crippen LogP contribution is 2.36. The van der Waals surface area contributed by atoms with Crippen molar-refractivity contribution in [2.45, 2.75) is 55.4 Å². The second-order valence-electron chi connectivity index (χ2n) is 7.71. The number of nitrogens with zero attached hydrogens (tertiary/aromatic N) is 1. The zero-order valence-electron chi connectivity index (χ0n) is 19.0. The molecule has 8 heteroatoms. The number of benzene rings is 1. The highest BCUT2D eigenvalue weighted by molar-refractivity contribution is 7.99. The van der Waals surface area contributed by atoms with E-state index in [1.807, 2.05) is 37.6 Å². The smallest absolute Gasteiger partial charge is 0.319 e. The molecule has 2 heterocycles. The second kappa shape index (κ2) is 12.2. The number of carbonyl (C=O) groups excluding carboxylic acids is 1. The summed E-state index contributed by atoms with van der Waals surface area (Å²) in [4.78, 5) is 18.5. The highest BCUT2D eigenvalue weighted by Gasteiger charge is 2.19. The molecule has 3 aromatic rings. The van der Waals surface area contributed by atoms with Crippen molar-refractivity contribution in [1.82, 2.24) is 10.3 Å². The van der Waals surface area contributed by atoms with E-state index in [1.165, 1.54) is 28.5 Å². The van der Waals surface area contributed by atoms with Crippen LogP contribution in [0.15, 0.2) is 39.6 Å². The van der Waals surface area contributed by atoms with Gasteiger partial charge in [-0.25, -0.2) is 9.78 Å². The van der Waals surface area contributed by atoms with E-state index in [2.05, 4.69) is 34.0 Å². The quantitative estimate of drug-likeness (QED) is 0.214. The van der Waals surface area contributed by atoms with E-state index < -0.39 is 0 Å². The number of amides is 2. The molecule has 1 atom stereocenters. The summed E-state index contributed by atoms with van der Waals surface area (Å²) in [5.41, 5.74) is 3.00. The van der Waals surface area contributed by atoms with Gasteiger partial charge >= 0.3 is 6.03 Å². The summed E-state index contributed by atoms with van der Waals surface area (Å²) >= 11 is 11.2. The van der Waals surface area contributed by atoms with E-state index >= 15 is 0 Å². The molecule has 1 unspecified atom stereocenters. The average molecular weight is 508 g/mol. The maximum Gasteiger partial charge on any atom is 0.319 e. The zero-order valence-corrected chi connectivity index (χ0v) is 22.2. The molecule has 172 valence electrons. The molecule has 32 heavy (non-hydrogen) atoms. The minimum atomic E-state index is -0.195. The molecule has 2 amide bonds. The largest absolute Gasteiger partial charge is 0.337 e. The molecule has 4 nitrogen and oxygen atoms in total. The van der Waals surface area contributed by atoms with Crippen molar-refractivity contribution in [3.05, 3.63) is 45.9 Å². The number of aryl methyl sites for hydroxylation is 1. The van der Waals surface area contributed by atoms with Gasteiger partial charge in [-0.3, -0.25) is 0 Å². The number of unbranched alkanes of at least 4 members (excludes halogenated alkanes) is 2. The molecule has 0 saturated carbocycles. The summed E-state index contributed by atoms with van der Waals surface area (Å²) in [6.45, 7) is 4.76. The first-order chi connectivity index (χ1) is 15.5. The van der Waals surface area contributed by atoms with Gasteiger partial charge in [0.15, 0.2) is 0 Å². The van der Waals surface area contributed by atoms with Gasteiger partial charge in [-0.15, -0.1) is 34.9 Å². The number of aromatic nitrogens is 1. The Balaban J connectivity index is 1.76. The van der Waals surface area contributed by atoms with Crippen LogP contribution in [-0.2, 0) is 0 Å². The molecular formula is C24H30ClN3OS3. The lowest BCUT2D eigenvalue weighted by molar-refractivity contribution is 0.251. The number of rotatable bonds is 10. The SMILES string of the molecule is CCCCCC(CNC(=O)Nc1c(SC)cc(C)nc1SC)c1csc2ccc(Cl)cc12. The third-order valence-corrected chi connectivity index (χ3v) is 8.06. The van der Waals surface area contributed by atoms with Crippen LogP contribution in [0.3, 0.4) is 0 Å². The fourth-order valence-electron chi connectivity index (χ4n) is 3.76. The lowest BCUT2D eigenvalue weighted by Gasteiger charge is -2.19. The van der Waals surface area contributed by atoms with Gasteiger partial charge < -0.3 is 10.6 Å². The molecule has 0 spiro atoms. The predicted octanol–water partition coefficient (Wildman–Crippen LogP) is 8.19. The van der Waals surface area contributed by atoms with E-state index in [4.69, 9.17) is 11.6 Å². The van der Waals surface area contributed by atoms with Gasteiger partial charge in [-0.05, 0) is 66.5 Å². The van der Waals surface area contributed by atoms with Crippen molar-refractivity contribution < 1.29 is 4.79 Å². The van der Waals surface area contributed by atoms with Crippen molar-refractivity contribution in [3.63, 3.8) is 0 Å². The summed E-state index contributed by atoms with van der Waals surface area (Å²) in [5.74, 6) is 0.246. The van der Waals surface area contributed by atoms with Crippen LogP contribution in [0.25, 0.3) is 10.1 Å². The molecule has 0 fully saturated rings. The zero-order chi connectivity index (χ0) is 23.1. The van der Waals surface area contributed by atoms with Crippen molar-refractivity contribution in [2.75, 3.05) is 24.4 Å². The molecule has 3 rings (SSSR count). The third-order valence-electron chi connectivity index (χ3n) is 5.40. The minimum absolute atomic E-state index is 0.195. The summed E-state index contributed by atoms with van der Waals surface area (Å²) in [6, 6.07) is 7.87. The summed E-state index contributed by atoms with van der Waals surface area (Å²) < 4.78 is 1.23. The first-order valence-corrected chi connectivity index (χ1v) is 14.5. The Morgan fingerprint density at radius 2 is 2.03 bits per heavy atom. The van der Waals surface area contributed by atoms with Crippen LogP contribution in [-0.4, -0.2) is 30.1 Å². The van der Waals surface area contributed by atoms with Crippen molar-refractivity contribution in [1.29, 1.82) is 0 Å².